The van der Waals surface area contributed by atoms with Crippen LogP contribution in [0.15, 0.2) is 28.5 Å². The first-order valence-electron chi connectivity index (χ1n) is 6.90. The molecule has 3 aromatic rings. The Bertz CT molecular complexity index is 1000. The average molecular weight is 322 g/mol. The summed E-state index contributed by atoms with van der Waals surface area (Å²) in [5.41, 5.74) is 8.93. The molecule has 8 heteroatoms. The Labute approximate surface area is 135 Å². The Kier molecular flexibility index (Phi) is 3.02. The third-order valence-corrected chi connectivity index (χ3v) is 4.69. The molecular weight excluding hydrogens is 312 g/mol. The fourth-order valence-electron chi connectivity index (χ4n) is 2.62. The fourth-order valence-corrected chi connectivity index (χ4v) is 3.53. The van der Waals surface area contributed by atoms with Gasteiger partial charge in [0.1, 0.15) is 12.4 Å². The van der Waals surface area contributed by atoms with Crippen LogP contribution >= 0.6 is 11.8 Å². The lowest BCUT2D eigenvalue weighted by atomic mass is 10.1. The molecule has 0 saturated heterocycles. The van der Waals surface area contributed by atoms with Crippen molar-refractivity contribution in [3.63, 3.8) is 0 Å². The van der Waals surface area contributed by atoms with Crippen LogP contribution < -0.4 is 5.73 Å². The van der Waals surface area contributed by atoms with Gasteiger partial charge in [-0.15, -0.1) is 0 Å². The van der Waals surface area contributed by atoms with Gasteiger partial charge in [0.15, 0.2) is 27.9 Å². The number of anilines is 1. The van der Waals surface area contributed by atoms with Crippen LogP contribution in [0.5, 0.6) is 0 Å². The topological polar surface area (TPSA) is 121 Å². The smallest absolute Gasteiger partial charge is 0.172 e. The molecular formula is C15H10N6OS. The molecule has 0 fully saturated rings. The number of nitrogens with one attached hydrogen (secondary N) is 1. The van der Waals surface area contributed by atoms with Crippen molar-refractivity contribution >= 4 is 34.5 Å². The fraction of sp³-hybridized carbons (Fsp3) is 0.133. The number of hydrogen-bond acceptors (Lipinski definition) is 7. The third kappa shape index (κ3) is 2.22. The van der Waals surface area contributed by atoms with E-state index in [9.17, 15) is 10.1 Å². The highest BCUT2D eigenvalue weighted by atomic mass is 32.2. The Balaban J connectivity index is 1.77. The molecule has 112 valence electrons. The lowest BCUT2D eigenvalue weighted by molar-refractivity contribution is 0.0994. The second kappa shape index (κ2) is 5.07. The van der Waals surface area contributed by atoms with Gasteiger partial charge in [-0.3, -0.25) is 4.79 Å². The van der Waals surface area contributed by atoms with E-state index in [1.165, 1.54) is 18.1 Å². The first-order chi connectivity index (χ1) is 11.2. The van der Waals surface area contributed by atoms with E-state index in [0.29, 0.717) is 46.1 Å². The Hall–Kier alpha value is -2.92. The molecule has 0 bridgehead atoms. The summed E-state index contributed by atoms with van der Waals surface area (Å²) in [6.45, 7) is 0. The molecule has 2 heterocycles. The van der Waals surface area contributed by atoms with Crippen LogP contribution in [0.3, 0.4) is 0 Å². The molecule has 0 unspecified atom stereocenters. The van der Waals surface area contributed by atoms with Crippen LogP contribution in [0.2, 0.25) is 0 Å². The van der Waals surface area contributed by atoms with Crippen LogP contribution in [0.4, 0.5) is 5.82 Å². The quantitative estimate of drug-likeness (QED) is 0.740. The minimum absolute atomic E-state index is 0.0971. The summed E-state index contributed by atoms with van der Waals surface area (Å²) in [6.07, 6.45) is 2.59. The van der Waals surface area contributed by atoms with Gasteiger partial charge in [0, 0.05) is 16.9 Å². The van der Waals surface area contributed by atoms with Gasteiger partial charge in [-0.25, -0.2) is 15.0 Å². The van der Waals surface area contributed by atoms with E-state index >= 15 is 0 Å². The number of carbonyl (C=O) groups is 1. The van der Waals surface area contributed by atoms with Crippen LogP contribution in [0.1, 0.15) is 27.9 Å². The summed E-state index contributed by atoms with van der Waals surface area (Å²) in [5.74, 6) is 0.401. The summed E-state index contributed by atoms with van der Waals surface area (Å²) in [5, 5.41) is 9.93. The SMILES string of the molecule is N#Cc1cc2c(cc1Sc1nc3c(N)ncnc3[nH]1)CCC2=O. The number of imidazole rings is 1. The number of fused-ring (bicyclic) bond motifs is 2. The number of nitriles is 1. The van der Waals surface area contributed by atoms with E-state index < -0.39 is 0 Å². The van der Waals surface area contributed by atoms with Gasteiger partial charge in [0.05, 0.1) is 5.56 Å². The van der Waals surface area contributed by atoms with E-state index in [1.54, 1.807) is 6.07 Å². The van der Waals surface area contributed by atoms with E-state index in [0.717, 1.165) is 10.5 Å². The molecule has 1 aliphatic rings. The highest BCUT2D eigenvalue weighted by Crippen LogP contribution is 2.34. The normalized spacial score (nSPS) is 13.3. The van der Waals surface area contributed by atoms with Gasteiger partial charge in [0.25, 0.3) is 0 Å². The lowest BCUT2D eigenvalue weighted by Crippen LogP contribution is -1.94. The number of nitrogen functional groups attached to an aromatic ring is 1. The predicted octanol–water partition coefficient (Wildman–Crippen LogP) is 2.09. The monoisotopic (exact) mass is 322 g/mol. The minimum atomic E-state index is 0.0971. The standard InChI is InChI=1S/C15H10N6OS/c16-5-8-3-9-7(1-2-10(9)22)4-11(8)23-15-20-12-13(17)18-6-19-14(12)21-15/h3-4,6H,1-2H2,(H3,17,18,19,20,21). The maximum atomic E-state index is 11.8. The average Bonchev–Trinajstić information content (AvgIpc) is 3.11. The molecule has 4 rings (SSSR count). The van der Waals surface area contributed by atoms with E-state index in [2.05, 4.69) is 26.0 Å². The highest BCUT2D eigenvalue weighted by molar-refractivity contribution is 7.99. The molecule has 3 N–H and O–H groups in total. The Morgan fingerprint density at radius 2 is 2.17 bits per heavy atom. The number of aryl methyl sites for hydroxylation is 1. The van der Waals surface area contributed by atoms with E-state index in [1.807, 2.05) is 6.07 Å². The van der Waals surface area contributed by atoms with Gasteiger partial charge in [-0.05, 0) is 24.1 Å². The van der Waals surface area contributed by atoms with Gasteiger partial charge < -0.3 is 10.7 Å². The molecule has 0 spiro atoms. The zero-order chi connectivity index (χ0) is 16.0. The van der Waals surface area contributed by atoms with Gasteiger partial charge in [-0.1, -0.05) is 11.8 Å². The Morgan fingerprint density at radius 3 is 2.96 bits per heavy atom. The number of ketones is 1. The summed E-state index contributed by atoms with van der Waals surface area (Å²) < 4.78 is 0. The zero-order valence-corrected chi connectivity index (χ0v) is 12.6. The maximum absolute atomic E-state index is 11.8. The minimum Gasteiger partial charge on any atom is -0.382 e. The second-order valence-corrected chi connectivity index (χ2v) is 6.17. The van der Waals surface area contributed by atoms with Gasteiger partial charge >= 0.3 is 0 Å². The number of nitrogens with zero attached hydrogens (tertiary/aromatic N) is 4. The number of carbonyl (C=O) groups excluding carboxylic acids is 1. The number of nitrogens with two attached hydrogens (primary N) is 1. The molecule has 0 aliphatic heterocycles. The number of aromatic amines is 1. The van der Waals surface area contributed by atoms with Crippen molar-refractivity contribution in [1.82, 2.24) is 19.9 Å². The molecule has 0 amide bonds. The van der Waals surface area contributed by atoms with Gasteiger partial charge in [0.2, 0.25) is 0 Å². The molecule has 0 radical (unpaired) electrons. The van der Waals surface area contributed by atoms with E-state index in [4.69, 9.17) is 5.73 Å². The third-order valence-electron chi connectivity index (χ3n) is 3.74. The van der Waals surface area contributed by atoms with Gasteiger partial charge in [-0.2, -0.15) is 5.26 Å². The van der Waals surface area contributed by atoms with Crippen LogP contribution in [0, 0.1) is 11.3 Å². The molecule has 7 nitrogen and oxygen atoms in total. The van der Waals surface area contributed by atoms with Crippen molar-refractivity contribution in [3.8, 4) is 6.07 Å². The number of benzene rings is 1. The molecule has 1 aromatic carbocycles. The van der Waals surface area contributed by atoms with E-state index in [-0.39, 0.29) is 5.78 Å². The number of hydrogen-bond donors (Lipinski definition) is 2. The number of aromatic nitrogens is 4. The van der Waals surface area contributed by atoms with Crippen molar-refractivity contribution in [2.45, 2.75) is 22.9 Å². The first kappa shape index (κ1) is 13.7. The summed E-state index contributed by atoms with van der Waals surface area (Å²) in [6, 6.07) is 5.71. The van der Waals surface area contributed by atoms with Crippen LogP contribution in [-0.2, 0) is 6.42 Å². The lowest BCUT2D eigenvalue weighted by Gasteiger charge is -2.05. The molecule has 23 heavy (non-hydrogen) atoms. The largest absolute Gasteiger partial charge is 0.382 e. The van der Waals surface area contributed by atoms with Crippen molar-refractivity contribution in [2.24, 2.45) is 0 Å². The van der Waals surface area contributed by atoms with Crippen molar-refractivity contribution < 1.29 is 4.79 Å². The van der Waals surface area contributed by atoms with Crippen molar-refractivity contribution in [1.29, 1.82) is 5.26 Å². The Morgan fingerprint density at radius 1 is 1.30 bits per heavy atom. The predicted molar refractivity (Wildman–Crippen MR) is 84.0 cm³/mol. The molecule has 0 saturated carbocycles. The molecule has 0 atom stereocenters. The first-order valence-corrected chi connectivity index (χ1v) is 7.71. The summed E-state index contributed by atoms with van der Waals surface area (Å²) >= 11 is 1.32. The molecule has 1 aliphatic carbocycles. The van der Waals surface area contributed by atoms with Crippen LogP contribution in [0.25, 0.3) is 11.2 Å². The zero-order valence-electron chi connectivity index (χ0n) is 11.8. The number of rotatable bonds is 2. The summed E-state index contributed by atoms with van der Waals surface area (Å²) in [7, 11) is 0. The molecule has 2 aromatic heterocycles. The van der Waals surface area contributed by atoms with Crippen molar-refractivity contribution in [3.05, 3.63) is 35.2 Å². The van der Waals surface area contributed by atoms with Crippen molar-refractivity contribution in [2.75, 3.05) is 5.73 Å². The van der Waals surface area contributed by atoms with Crippen LogP contribution in [-0.4, -0.2) is 25.7 Å². The second-order valence-electron chi connectivity index (χ2n) is 5.14. The number of H-pyrrole nitrogens is 1. The summed E-state index contributed by atoms with van der Waals surface area (Å²) in [4.78, 5) is 28.0. The maximum Gasteiger partial charge on any atom is 0.172 e. The number of Topliss-reactive ketones (excluding diaryl/α,β-unsaturated/α-hetero) is 1. The highest BCUT2D eigenvalue weighted by Gasteiger charge is 2.22.